The number of benzene rings is 8. The first-order valence-electron chi connectivity index (χ1n) is 21.7. The van der Waals surface area contributed by atoms with E-state index in [9.17, 15) is 11.0 Å². The Bertz CT molecular complexity index is 2950. The van der Waals surface area contributed by atoms with Crippen LogP contribution in [0.5, 0.6) is 0 Å². The van der Waals surface area contributed by atoms with Crippen molar-refractivity contribution in [3.8, 4) is 11.8 Å². The van der Waals surface area contributed by atoms with Crippen LogP contribution in [0.15, 0.2) is 84.7 Å². The van der Waals surface area contributed by atoms with Gasteiger partial charge >= 0.3 is 0 Å². The largest absolute Gasteiger partial charge is 0.0633 e. The average Bonchev–Trinajstić information content (AvgIpc) is 3.07. The number of hydrogen-bond donors (Lipinski definition) is 0. The van der Waals surface area contributed by atoms with Crippen LogP contribution in [-0.2, 0) is 21.7 Å². The summed E-state index contributed by atoms with van der Waals surface area (Å²) in [6.45, 7) is 24.1. The Balaban J connectivity index is 1.61. The lowest BCUT2D eigenvalue weighted by Crippen LogP contribution is -2.12. The second kappa shape index (κ2) is 10.5. The Morgan fingerprint density at radius 1 is 0.360 bits per heavy atom. The minimum absolute atomic E-state index is 0.192. The van der Waals surface area contributed by atoms with Crippen molar-refractivity contribution in [2.45, 2.75) is 105 Å². The van der Waals surface area contributed by atoms with Gasteiger partial charge < -0.3 is 0 Å². The van der Waals surface area contributed by atoms with Gasteiger partial charge in [0.2, 0.25) is 0 Å². The van der Waals surface area contributed by atoms with Gasteiger partial charge in [-0.3, -0.25) is 0 Å². The van der Waals surface area contributed by atoms with Gasteiger partial charge in [-0.15, -0.1) is 0 Å². The highest BCUT2D eigenvalue weighted by atomic mass is 14.3. The van der Waals surface area contributed by atoms with Crippen molar-refractivity contribution in [1.82, 2.24) is 0 Å². The van der Waals surface area contributed by atoms with E-state index in [1.807, 2.05) is 119 Å². The molecule has 0 aliphatic heterocycles. The van der Waals surface area contributed by atoms with Crippen LogP contribution < -0.4 is 0 Å². The third kappa shape index (κ3) is 5.21. The van der Waals surface area contributed by atoms with Gasteiger partial charge in [0.05, 0.1) is 11.0 Å². The minimum atomic E-state index is -0.544. The van der Waals surface area contributed by atoms with Gasteiger partial charge in [0.1, 0.15) is 0 Å². The average molecular weight is 659 g/mol. The highest BCUT2D eigenvalue weighted by molar-refractivity contribution is 6.26. The molecule has 0 heteroatoms. The van der Waals surface area contributed by atoms with Crippen LogP contribution in [0.4, 0.5) is 0 Å². The summed E-state index contributed by atoms with van der Waals surface area (Å²) in [5.74, 6) is 6.92. The predicted molar refractivity (Wildman–Crippen MR) is 221 cm³/mol. The summed E-state index contributed by atoms with van der Waals surface area (Å²) in [6.07, 6.45) is 0. The van der Waals surface area contributed by atoms with Gasteiger partial charge in [-0.2, -0.15) is 0 Å². The lowest BCUT2D eigenvalue weighted by atomic mass is 9.80. The van der Waals surface area contributed by atoms with Crippen LogP contribution in [0.25, 0.3) is 64.6 Å². The molecular weight excluding hydrogens is 601 g/mol. The van der Waals surface area contributed by atoms with Crippen molar-refractivity contribution in [2.24, 2.45) is 0 Å². The molecule has 8 rings (SSSR count). The van der Waals surface area contributed by atoms with Crippen molar-refractivity contribution in [3.63, 3.8) is 0 Å². The maximum Gasteiger partial charge on any atom is 0.0633 e. The second-order valence-corrected chi connectivity index (χ2v) is 18.3. The fraction of sp³-hybridized carbons (Fsp3) is 0.320. The van der Waals surface area contributed by atoms with Crippen LogP contribution in [0.3, 0.4) is 0 Å². The van der Waals surface area contributed by atoms with Gasteiger partial charge in [-0.1, -0.05) is 155 Å². The van der Waals surface area contributed by atoms with Crippen molar-refractivity contribution >= 4 is 64.6 Å². The van der Waals surface area contributed by atoms with Crippen LogP contribution in [0, 0.1) is 11.8 Å². The van der Waals surface area contributed by atoms with E-state index in [-0.39, 0.29) is 48.3 Å². The van der Waals surface area contributed by atoms with E-state index < -0.39 is 21.7 Å². The highest BCUT2D eigenvalue weighted by Crippen LogP contribution is 2.43. The second-order valence-electron chi connectivity index (χ2n) is 18.3. The molecule has 0 spiro atoms. The van der Waals surface area contributed by atoms with Crippen LogP contribution in [0.1, 0.15) is 127 Å². The fourth-order valence-electron chi connectivity index (χ4n) is 7.02. The van der Waals surface area contributed by atoms with Crippen LogP contribution in [0.2, 0.25) is 0 Å². The van der Waals surface area contributed by atoms with Crippen molar-refractivity contribution in [2.75, 3.05) is 0 Å². The topological polar surface area (TPSA) is 0 Å². The fourth-order valence-corrected chi connectivity index (χ4v) is 7.02. The highest BCUT2D eigenvalue weighted by Gasteiger charge is 2.23. The quantitative estimate of drug-likeness (QED) is 0.112. The van der Waals surface area contributed by atoms with Gasteiger partial charge in [-0.05, 0) is 133 Å². The van der Waals surface area contributed by atoms with E-state index in [4.69, 9.17) is 0 Å². The van der Waals surface area contributed by atoms with Crippen LogP contribution in [-0.4, -0.2) is 0 Å². The minimum Gasteiger partial charge on any atom is -0.0610 e. The van der Waals surface area contributed by atoms with E-state index in [1.54, 1.807) is 0 Å². The molecule has 0 heterocycles. The maximum absolute atomic E-state index is 9.75. The molecule has 0 fully saturated rings. The molecule has 0 saturated heterocycles. The lowest BCUT2D eigenvalue weighted by molar-refractivity contribution is 0.591. The van der Waals surface area contributed by atoms with Gasteiger partial charge in [0, 0.05) is 11.1 Å². The van der Waals surface area contributed by atoms with Gasteiger partial charge in [0.25, 0.3) is 0 Å². The molecule has 0 nitrogen and oxygen atoms in total. The Morgan fingerprint density at radius 3 is 0.920 bits per heavy atom. The van der Waals surface area contributed by atoms with Crippen molar-refractivity contribution in [3.05, 3.63) is 118 Å². The zero-order valence-corrected chi connectivity index (χ0v) is 31.5. The van der Waals surface area contributed by atoms with Crippen molar-refractivity contribution in [1.29, 1.82) is 0 Å². The summed E-state index contributed by atoms with van der Waals surface area (Å²) in [6, 6.07) is 13.2. The molecule has 0 atom stereocenters. The zero-order chi connectivity index (χ0) is 42.7. The maximum atomic E-state index is 9.75. The molecule has 8 aromatic rings. The molecule has 250 valence electrons. The summed E-state index contributed by atoms with van der Waals surface area (Å²) in [4.78, 5) is 0. The predicted octanol–water partition coefficient (Wildman–Crippen LogP) is 14.1. The first-order chi connectivity index (χ1) is 26.7. The van der Waals surface area contributed by atoms with E-state index in [0.717, 1.165) is 0 Å². The Labute approximate surface area is 309 Å². The Morgan fingerprint density at radius 2 is 0.620 bits per heavy atom. The summed E-state index contributed by atoms with van der Waals surface area (Å²) < 4.78 is 76.1. The summed E-state index contributed by atoms with van der Waals surface area (Å²) in [5.41, 5.74) is 1.32. The molecule has 0 aliphatic carbocycles. The molecule has 0 saturated carbocycles. The first-order valence-corrected chi connectivity index (χ1v) is 17.7. The van der Waals surface area contributed by atoms with E-state index in [0.29, 0.717) is 98.0 Å². The Kier molecular flexibility index (Phi) is 5.13. The third-order valence-corrected chi connectivity index (χ3v) is 9.96. The number of rotatable bonds is 0. The lowest BCUT2D eigenvalue weighted by Gasteiger charge is -2.24. The summed E-state index contributed by atoms with van der Waals surface area (Å²) in [5, 5.41) is 7.67. The zero-order valence-electron chi connectivity index (χ0n) is 39.5. The molecular formula is C50H50. The molecule has 50 heavy (non-hydrogen) atoms. The molecule has 0 N–H and O–H groups in total. The molecule has 0 bridgehead atoms. The third-order valence-electron chi connectivity index (χ3n) is 9.96. The first kappa shape index (κ1) is 24.5. The summed E-state index contributed by atoms with van der Waals surface area (Å²) >= 11 is 0. The normalized spacial score (nSPS) is 15.7. The summed E-state index contributed by atoms with van der Waals surface area (Å²) in [7, 11) is 0. The van der Waals surface area contributed by atoms with E-state index in [1.165, 1.54) is 0 Å². The standard InChI is InChI=1S/C50H50/c1-47(2,3)37-21-31-15-17-33-23-39(49(7,8)9)27-41-29(19-35(25-37)43(31)45(33)41)13-14-30-20-36-26-38(48(4,5)6)22-32-16-18-34-24-40(50(10,11)12)28-42(30)46(34)44(32)36/h15-28H,1-12H3/i21D,22D,23D,24D,25D,26D,27D,28D. The Hall–Kier alpha value is -4.60. The van der Waals surface area contributed by atoms with E-state index >= 15 is 0 Å². The van der Waals surface area contributed by atoms with Gasteiger partial charge in [-0.25, -0.2) is 0 Å². The van der Waals surface area contributed by atoms with E-state index in [2.05, 4.69) is 11.8 Å². The van der Waals surface area contributed by atoms with Crippen molar-refractivity contribution < 1.29 is 11.0 Å². The molecule has 0 unspecified atom stereocenters. The molecule has 0 aromatic heterocycles. The van der Waals surface area contributed by atoms with Crippen LogP contribution >= 0.6 is 0 Å². The number of hydrogen-bond acceptors (Lipinski definition) is 0. The smallest absolute Gasteiger partial charge is 0.0610 e. The van der Waals surface area contributed by atoms with Gasteiger partial charge in [0.15, 0.2) is 0 Å². The SMILES string of the molecule is [2H]c1c(C(C)(C)C)c([2H])c2cc(C#Cc3cc4c([2H])c(C(C)(C)C)c([2H])c5ccc6c([2H])c(C(C)(C)C)c([2H])c3c6c54)c3c([2H])c(C(C)(C)C)c([2H])c4ccc1c2c43. The monoisotopic (exact) mass is 658 g/mol. The molecule has 0 radical (unpaired) electrons. The molecule has 8 aromatic carbocycles. The molecule has 0 amide bonds. The molecule has 0 aliphatic rings.